The zero-order valence-electron chi connectivity index (χ0n) is 15.0. The average Bonchev–Trinajstić information content (AvgIpc) is 3.21. The van der Waals surface area contributed by atoms with Crippen LogP contribution in [0, 0.1) is 13.8 Å². The van der Waals surface area contributed by atoms with E-state index in [0.717, 1.165) is 35.7 Å². The molecule has 1 N–H and O–H groups in total. The van der Waals surface area contributed by atoms with E-state index in [2.05, 4.69) is 27.3 Å². The van der Waals surface area contributed by atoms with Crippen LogP contribution in [0.2, 0.25) is 0 Å². The van der Waals surface area contributed by atoms with Crippen molar-refractivity contribution < 1.29 is 14.1 Å². The first-order valence-electron chi connectivity index (χ1n) is 8.80. The third-order valence-corrected chi connectivity index (χ3v) is 4.51. The second-order valence-electron chi connectivity index (χ2n) is 6.39. The van der Waals surface area contributed by atoms with E-state index in [9.17, 15) is 4.79 Å². The van der Waals surface area contributed by atoms with Gasteiger partial charge in [0, 0.05) is 24.9 Å². The van der Waals surface area contributed by atoms with Gasteiger partial charge in [0.2, 0.25) is 5.91 Å². The molecule has 8 heteroatoms. The summed E-state index contributed by atoms with van der Waals surface area (Å²) >= 11 is 0. The minimum absolute atomic E-state index is 0.109. The molecule has 0 spiro atoms. The second kappa shape index (κ2) is 7.77. The first kappa shape index (κ1) is 17.6. The molecule has 1 amide bonds. The molecule has 1 aliphatic heterocycles. The van der Waals surface area contributed by atoms with E-state index in [1.54, 1.807) is 0 Å². The summed E-state index contributed by atoms with van der Waals surface area (Å²) in [6, 6.07) is 0. The first-order chi connectivity index (χ1) is 12.1. The largest absolute Gasteiger partial charge is 0.366 e. The number of rotatable bonds is 6. The van der Waals surface area contributed by atoms with Crippen molar-refractivity contribution in [3.8, 4) is 0 Å². The van der Waals surface area contributed by atoms with Crippen molar-refractivity contribution in [3.05, 3.63) is 28.7 Å². The van der Waals surface area contributed by atoms with Gasteiger partial charge in [0.15, 0.2) is 5.82 Å². The van der Waals surface area contributed by atoms with Crippen LogP contribution in [-0.4, -0.2) is 50.8 Å². The maximum atomic E-state index is 12.6. The number of nitrogens with one attached hydrogen (secondary N) is 1. The molecule has 0 aromatic carbocycles. The minimum Gasteiger partial charge on any atom is -0.366 e. The number of hydrogen-bond acceptors (Lipinski definition) is 6. The normalized spacial score (nSPS) is 17.9. The Labute approximate surface area is 146 Å². The molecule has 1 saturated heterocycles. The summed E-state index contributed by atoms with van der Waals surface area (Å²) < 4.78 is 10.9. The van der Waals surface area contributed by atoms with Crippen molar-refractivity contribution in [2.75, 3.05) is 19.7 Å². The number of ether oxygens (including phenoxy) is 1. The third kappa shape index (κ3) is 4.07. The highest BCUT2D eigenvalue weighted by Gasteiger charge is 2.28. The van der Waals surface area contributed by atoms with E-state index in [1.807, 2.05) is 18.7 Å². The Morgan fingerprint density at radius 3 is 2.92 bits per heavy atom. The molecule has 1 fully saturated rings. The number of amides is 1. The van der Waals surface area contributed by atoms with Crippen molar-refractivity contribution >= 4 is 5.91 Å². The zero-order chi connectivity index (χ0) is 17.8. The molecule has 8 nitrogen and oxygen atoms in total. The number of carbonyl (C=O) groups is 1. The molecule has 3 rings (SSSR count). The highest BCUT2D eigenvalue weighted by Crippen LogP contribution is 2.21. The Hall–Kier alpha value is -2.22. The van der Waals surface area contributed by atoms with E-state index >= 15 is 0 Å². The van der Waals surface area contributed by atoms with Crippen LogP contribution in [0.3, 0.4) is 0 Å². The smallest absolute Gasteiger partial charge is 0.223 e. The Bertz CT molecular complexity index is 704. The Balaban J connectivity index is 1.57. The van der Waals surface area contributed by atoms with Gasteiger partial charge in [0.25, 0.3) is 0 Å². The van der Waals surface area contributed by atoms with Gasteiger partial charge >= 0.3 is 0 Å². The monoisotopic (exact) mass is 347 g/mol. The summed E-state index contributed by atoms with van der Waals surface area (Å²) in [4.78, 5) is 18.9. The number of morpholine rings is 1. The molecule has 0 aliphatic carbocycles. The van der Waals surface area contributed by atoms with Gasteiger partial charge in [0.05, 0.1) is 18.8 Å². The van der Waals surface area contributed by atoms with Crippen LogP contribution in [-0.2, 0) is 22.4 Å². The van der Waals surface area contributed by atoms with Crippen LogP contribution in [0.15, 0.2) is 4.52 Å². The predicted molar refractivity (Wildman–Crippen MR) is 89.9 cm³/mol. The summed E-state index contributed by atoms with van der Waals surface area (Å²) in [7, 11) is 0. The SMILES string of the molecule is CCCc1nc(C2CN(C(=O)CCc3c(C)noc3C)CCO2)n[nH]1. The Kier molecular flexibility index (Phi) is 5.47. The van der Waals surface area contributed by atoms with Crippen LogP contribution in [0.5, 0.6) is 0 Å². The van der Waals surface area contributed by atoms with Gasteiger partial charge in [-0.15, -0.1) is 0 Å². The summed E-state index contributed by atoms with van der Waals surface area (Å²) in [5.74, 6) is 2.39. The molecule has 0 saturated carbocycles. The van der Waals surface area contributed by atoms with E-state index in [-0.39, 0.29) is 12.0 Å². The summed E-state index contributed by atoms with van der Waals surface area (Å²) in [5, 5.41) is 11.1. The fraction of sp³-hybridized carbons (Fsp3) is 0.647. The van der Waals surface area contributed by atoms with Crippen molar-refractivity contribution in [2.24, 2.45) is 0 Å². The van der Waals surface area contributed by atoms with Gasteiger partial charge in [-0.05, 0) is 26.7 Å². The van der Waals surface area contributed by atoms with E-state index in [0.29, 0.717) is 38.4 Å². The summed E-state index contributed by atoms with van der Waals surface area (Å²) in [6.45, 7) is 7.46. The molecule has 3 heterocycles. The minimum atomic E-state index is -0.265. The standard InChI is InChI=1S/C17H25N5O3/c1-4-5-15-18-17(20-19-15)14-10-22(8-9-24-14)16(23)7-6-13-11(2)21-25-12(13)3/h14H,4-10H2,1-3H3,(H,18,19,20). The van der Waals surface area contributed by atoms with Crippen LogP contribution in [0.25, 0.3) is 0 Å². The molecule has 1 atom stereocenters. The van der Waals surface area contributed by atoms with Gasteiger partial charge in [-0.2, -0.15) is 5.10 Å². The highest BCUT2D eigenvalue weighted by molar-refractivity contribution is 5.76. The molecule has 1 aliphatic rings. The lowest BCUT2D eigenvalue weighted by Gasteiger charge is -2.31. The van der Waals surface area contributed by atoms with Crippen molar-refractivity contribution in [3.63, 3.8) is 0 Å². The molecular weight excluding hydrogens is 322 g/mol. The van der Waals surface area contributed by atoms with Gasteiger partial charge < -0.3 is 14.2 Å². The van der Waals surface area contributed by atoms with Gasteiger partial charge in [-0.25, -0.2) is 4.98 Å². The molecule has 25 heavy (non-hydrogen) atoms. The molecular formula is C17H25N5O3. The summed E-state index contributed by atoms with van der Waals surface area (Å²) in [5.41, 5.74) is 1.88. The molecule has 2 aromatic heterocycles. The lowest BCUT2D eigenvalue weighted by molar-refractivity contribution is -0.139. The maximum Gasteiger partial charge on any atom is 0.223 e. The second-order valence-corrected chi connectivity index (χ2v) is 6.39. The predicted octanol–water partition coefficient (Wildman–Crippen LogP) is 1.89. The molecule has 2 aromatic rings. The number of aryl methyl sites for hydroxylation is 3. The quantitative estimate of drug-likeness (QED) is 0.857. The van der Waals surface area contributed by atoms with Gasteiger partial charge in [0.1, 0.15) is 17.7 Å². The van der Waals surface area contributed by atoms with Crippen LogP contribution >= 0.6 is 0 Å². The van der Waals surface area contributed by atoms with Crippen molar-refractivity contribution in [1.29, 1.82) is 0 Å². The number of aromatic nitrogens is 4. The molecule has 136 valence electrons. The number of aromatic amines is 1. The van der Waals surface area contributed by atoms with Crippen LogP contribution < -0.4 is 0 Å². The Morgan fingerprint density at radius 2 is 2.20 bits per heavy atom. The fourth-order valence-corrected chi connectivity index (χ4v) is 3.08. The number of hydrogen-bond donors (Lipinski definition) is 1. The molecule has 0 bridgehead atoms. The lowest BCUT2D eigenvalue weighted by atomic mass is 10.1. The zero-order valence-corrected chi connectivity index (χ0v) is 15.0. The van der Waals surface area contributed by atoms with Crippen molar-refractivity contribution in [1.82, 2.24) is 25.2 Å². The number of nitrogens with zero attached hydrogens (tertiary/aromatic N) is 4. The first-order valence-corrected chi connectivity index (χ1v) is 8.80. The Morgan fingerprint density at radius 1 is 1.36 bits per heavy atom. The third-order valence-electron chi connectivity index (χ3n) is 4.51. The van der Waals surface area contributed by atoms with Gasteiger partial charge in [-0.3, -0.25) is 9.89 Å². The fourth-order valence-electron chi connectivity index (χ4n) is 3.08. The molecule has 0 radical (unpaired) electrons. The average molecular weight is 347 g/mol. The molecule has 1 unspecified atom stereocenters. The topological polar surface area (TPSA) is 97.1 Å². The summed E-state index contributed by atoms with van der Waals surface area (Å²) in [6.07, 6.45) is 2.68. The van der Waals surface area contributed by atoms with Crippen LogP contribution in [0.4, 0.5) is 0 Å². The van der Waals surface area contributed by atoms with Crippen LogP contribution in [0.1, 0.15) is 54.5 Å². The lowest BCUT2D eigenvalue weighted by Crippen LogP contribution is -2.42. The van der Waals surface area contributed by atoms with Crippen molar-refractivity contribution in [2.45, 2.75) is 52.6 Å². The number of carbonyl (C=O) groups excluding carboxylic acids is 1. The van der Waals surface area contributed by atoms with E-state index < -0.39 is 0 Å². The highest BCUT2D eigenvalue weighted by atomic mass is 16.5. The maximum absolute atomic E-state index is 12.6. The number of H-pyrrole nitrogens is 1. The van der Waals surface area contributed by atoms with E-state index in [1.165, 1.54) is 0 Å². The van der Waals surface area contributed by atoms with E-state index in [4.69, 9.17) is 9.26 Å². The van der Waals surface area contributed by atoms with Gasteiger partial charge in [-0.1, -0.05) is 12.1 Å².